The molecule has 5 nitrogen and oxygen atoms in total. The van der Waals surface area contributed by atoms with Gasteiger partial charge in [0.05, 0.1) is 6.26 Å². The van der Waals surface area contributed by atoms with Crippen LogP contribution in [0.15, 0.2) is 56.7 Å². The lowest BCUT2D eigenvalue weighted by molar-refractivity contribution is 0.0949. The van der Waals surface area contributed by atoms with Crippen LogP contribution in [0.25, 0.3) is 11.5 Å². The average molecular weight is 314 g/mol. The Bertz CT molecular complexity index is 690. The van der Waals surface area contributed by atoms with Crippen molar-refractivity contribution < 1.29 is 13.7 Å². The molecule has 0 fully saturated rings. The Hall–Kier alpha value is -2.56. The lowest BCUT2D eigenvalue weighted by Crippen LogP contribution is -2.23. The zero-order valence-electron chi connectivity index (χ0n) is 13.8. The summed E-state index contributed by atoms with van der Waals surface area (Å²) in [7, 11) is 0. The summed E-state index contributed by atoms with van der Waals surface area (Å²) in [6.07, 6.45) is 7.79. The van der Waals surface area contributed by atoms with E-state index in [1.54, 1.807) is 24.5 Å². The molecule has 1 amide bonds. The number of aromatic nitrogens is 1. The van der Waals surface area contributed by atoms with Crippen LogP contribution in [0.4, 0.5) is 0 Å². The molecule has 0 aliphatic rings. The smallest absolute Gasteiger partial charge is 0.273 e. The maximum absolute atomic E-state index is 12.0. The molecule has 0 aromatic carbocycles. The fourth-order valence-electron chi connectivity index (χ4n) is 2.02. The van der Waals surface area contributed by atoms with Gasteiger partial charge in [-0.1, -0.05) is 28.5 Å². The van der Waals surface area contributed by atoms with E-state index in [2.05, 4.69) is 37.3 Å². The van der Waals surface area contributed by atoms with Crippen LogP contribution < -0.4 is 5.32 Å². The molecule has 23 heavy (non-hydrogen) atoms. The monoisotopic (exact) mass is 314 g/mol. The van der Waals surface area contributed by atoms with Crippen LogP contribution in [0.3, 0.4) is 0 Å². The number of nitrogens with zero attached hydrogens (tertiary/aromatic N) is 1. The molecule has 0 radical (unpaired) electrons. The highest BCUT2D eigenvalue weighted by Gasteiger charge is 2.14. The van der Waals surface area contributed by atoms with E-state index in [1.807, 2.05) is 6.08 Å². The summed E-state index contributed by atoms with van der Waals surface area (Å²) >= 11 is 0. The maximum atomic E-state index is 12.0. The standard InChI is InChI=1S/C18H22N2O3/c1-13(2)6-4-7-14(3)9-10-19-18(21)15-12-17(23-20-15)16-8-5-11-22-16/h5-6,8-9,11-12H,4,7,10H2,1-3H3,(H,19,21). The molecule has 0 aliphatic heterocycles. The minimum Gasteiger partial charge on any atom is -0.461 e. The highest BCUT2D eigenvalue weighted by Crippen LogP contribution is 2.20. The van der Waals surface area contributed by atoms with Crippen molar-refractivity contribution >= 4 is 5.91 Å². The first-order valence-electron chi connectivity index (χ1n) is 7.64. The molecule has 0 atom stereocenters. The summed E-state index contributed by atoms with van der Waals surface area (Å²) in [6, 6.07) is 5.07. The Morgan fingerprint density at radius 2 is 2.09 bits per heavy atom. The van der Waals surface area contributed by atoms with E-state index in [0.717, 1.165) is 12.8 Å². The fourth-order valence-corrected chi connectivity index (χ4v) is 2.02. The number of rotatable bonds is 7. The van der Waals surface area contributed by atoms with Gasteiger partial charge in [-0.25, -0.2) is 0 Å². The van der Waals surface area contributed by atoms with Crippen LogP contribution in [0.1, 0.15) is 44.1 Å². The summed E-state index contributed by atoms with van der Waals surface area (Å²) < 4.78 is 10.3. The summed E-state index contributed by atoms with van der Waals surface area (Å²) in [5.74, 6) is 0.722. The molecule has 0 saturated heterocycles. The number of amides is 1. The predicted molar refractivity (Wildman–Crippen MR) is 89.0 cm³/mol. The van der Waals surface area contributed by atoms with E-state index in [0.29, 0.717) is 18.1 Å². The van der Waals surface area contributed by atoms with Gasteiger partial charge in [0, 0.05) is 12.6 Å². The second kappa shape index (κ2) is 8.17. The third kappa shape index (κ3) is 5.29. The number of carbonyl (C=O) groups is 1. The second-order valence-corrected chi connectivity index (χ2v) is 5.63. The Labute approximate surface area is 136 Å². The molecule has 0 spiro atoms. The van der Waals surface area contributed by atoms with Crippen molar-refractivity contribution in [3.8, 4) is 11.5 Å². The van der Waals surface area contributed by atoms with E-state index < -0.39 is 0 Å². The maximum Gasteiger partial charge on any atom is 0.273 e. The van der Waals surface area contributed by atoms with Crippen molar-refractivity contribution in [1.29, 1.82) is 0 Å². The first-order valence-corrected chi connectivity index (χ1v) is 7.64. The van der Waals surface area contributed by atoms with Crippen molar-refractivity contribution in [2.24, 2.45) is 0 Å². The van der Waals surface area contributed by atoms with Crippen molar-refractivity contribution in [2.75, 3.05) is 6.54 Å². The Morgan fingerprint density at radius 3 is 2.78 bits per heavy atom. The third-order valence-electron chi connectivity index (χ3n) is 3.31. The van der Waals surface area contributed by atoms with E-state index in [1.165, 1.54) is 11.1 Å². The van der Waals surface area contributed by atoms with Crippen molar-refractivity contribution in [3.63, 3.8) is 0 Å². The fraction of sp³-hybridized carbons (Fsp3) is 0.333. The normalized spacial score (nSPS) is 11.3. The van der Waals surface area contributed by atoms with Crippen LogP contribution in [0.5, 0.6) is 0 Å². The van der Waals surface area contributed by atoms with E-state index in [9.17, 15) is 4.79 Å². The van der Waals surface area contributed by atoms with Gasteiger partial charge in [-0.15, -0.1) is 0 Å². The number of nitrogens with one attached hydrogen (secondary N) is 1. The molecule has 5 heteroatoms. The van der Waals surface area contributed by atoms with E-state index in [-0.39, 0.29) is 11.6 Å². The molecule has 0 unspecified atom stereocenters. The summed E-state index contributed by atoms with van der Waals surface area (Å²) in [4.78, 5) is 12.0. The van der Waals surface area contributed by atoms with Gasteiger partial charge in [-0.3, -0.25) is 4.79 Å². The summed E-state index contributed by atoms with van der Waals surface area (Å²) in [6.45, 7) is 6.72. The third-order valence-corrected chi connectivity index (χ3v) is 3.31. The first-order chi connectivity index (χ1) is 11.1. The molecule has 2 aromatic heterocycles. The van der Waals surface area contributed by atoms with Gasteiger partial charge in [-0.05, 0) is 45.7 Å². The molecular formula is C18H22N2O3. The molecule has 1 N–H and O–H groups in total. The van der Waals surface area contributed by atoms with Crippen LogP contribution >= 0.6 is 0 Å². The highest BCUT2D eigenvalue weighted by atomic mass is 16.5. The molecule has 0 aliphatic carbocycles. The molecule has 2 aromatic rings. The second-order valence-electron chi connectivity index (χ2n) is 5.63. The van der Waals surface area contributed by atoms with E-state index in [4.69, 9.17) is 8.94 Å². The first kappa shape index (κ1) is 16.8. The lowest BCUT2D eigenvalue weighted by Gasteiger charge is -2.01. The molecule has 0 bridgehead atoms. The van der Waals surface area contributed by atoms with Gasteiger partial charge in [-0.2, -0.15) is 0 Å². The molecule has 0 saturated carbocycles. The number of furan rings is 1. The quantitative estimate of drug-likeness (QED) is 0.771. The van der Waals surface area contributed by atoms with Crippen LogP contribution in [-0.4, -0.2) is 17.6 Å². The zero-order valence-corrected chi connectivity index (χ0v) is 13.8. The van der Waals surface area contributed by atoms with Gasteiger partial charge in [0.2, 0.25) is 5.76 Å². The van der Waals surface area contributed by atoms with Crippen molar-refractivity contribution in [2.45, 2.75) is 33.6 Å². The van der Waals surface area contributed by atoms with Crippen LogP contribution in [0, 0.1) is 0 Å². The minimum atomic E-state index is -0.264. The molecule has 2 rings (SSSR count). The predicted octanol–water partition coefficient (Wildman–Crippen LogP) is 4.36. The van der Waals surface area contributed by atoms with Gasteiger partial charge in [0.25, 0.3) is 5.91 Å². The molecule has 122 valence electrons. The number of carbonyl (C=O) groups excluding carboxylic acids is 1. The van der Waals surface area contributed by atoms with Crippen LogP contribution in [0.2, 0.25) is 0 Å². The van der Waals surface area contributed by atoms with E-state index >= 15 is 0 Å². The summed E-state index contributed by atoms with van der Waals surface area (Å²) in [5.41, 5.74) is 2.82. The number of hydrogen-bond donors (Lipinski definition) is 1. The minimum absolute atomic E-state index is 0.243. The van der Waals surface area contributed by atoms with Crippen molar-refractivity contribution in [1.82, 2.24) is 10.5 Å². The average Bonchev–Trinajstić information content (AvgIpc) is 3.17. The lowest BCUT2D eigenvalue weighted by atomic mass is 10.1. The van der Waals surface area contributed by atoms with Crippen molar-refractivity contribution in [3.05, 3.63) is 53.5 Å². The SMILES string of the molecule is CC(C)=CCCC(C)=CCNC(=O)c1cc(-c2ccco2)on1. The molecular weight excluding hydrogens is 292 g/mol. The Kier molecular flexibility index (Phi) is 5.97. The largest absolute Gasteiger partial charge is 0.461 e. The highest BCUT2D eigenvalue weighted by molar-refractivity contribution is 5.93. The molecule has 2 heterocycles. The van der Waals surface area contributed by atoms with Gasteiger partial charge in [0.1, 0.15) is 0 Å². The zero-order chi connectivity index (χ0) is 16.7. The van der Waals surface area contributed by atoms with Gasteiger partial charge < -0.3 is 14.3 Å². The number of allylic oxidation sites excluding steroid dienone is 3. The Morgan fingerprint density at radius 1 is 1.26 bits per heavy atom. The van der Waals surface area contributed by atoms with Crippen LogP contribution in [-0.2, 0) is 0 Å². The number of hydrogen-bond acceptors (Lipinski definition) is 4. The van der Waals surface area contributed by atoms with Gasteiger partial charge in [0.15, 0.2) is 11.5 Å². The topological polar surface area (TPSA) is 68.3 Å². The Balaban J connectivity index is 1.82. The summed E-state index contributed by atoms with van der Waals surface area (Å²) in [5, 5.41) is 6.57. The van der Waals surface area contributed by atoms with Gasteiger partial charge >= 0.3 is 0 Å².